The second-order valence-electron chi connectivity index (χ2n) is 2.94. The van der Waals surface area contributed by atoms with E-state index in [-0.39, 0.29) is 0 Å². The highest BCUT2D eigenvalue weighted by atomic mass is 16.2. The Kier molecular flexibility index (Phi) is 1.94. The standard InChI is InChI=1S/C9H9N3O2/c10-7-8(13)11-9(14)12(7)6-4-2-1-3-5-6/h1-5,7H,10H2,(H,11,13,14). The summed E-state index contributed by atoms with van der Waals surface area (Å²) in [7, 11) is 0. The molecule has 3 N–H and O–H groups in total. The number of rotatable bonds is 1. The minimum absolute atomic E-state index is 0.473. The Hall–Kier alpha value is -1.88. The molecule has 14 heavy (non-hydrogen) atoms. The lowest BCUT2D eigenvalue weighted by atomic mass is 10.3. The number of nitrogens with one attached hydrogen (secondary N) is 1. The summed E-state index contributed by atoms with van der Waals surface area (Å²) in [4.78, 5) is 23.6. The summed E-state index contributed by atoms with van der Waals surface area (Å²) >= 11 is 0. The summed E-state index contributed by atoms with van der Waals surface area (Å²) in [6.07, 6.45) is -0.926. The van der Waals surface area contributed by atoms with E-state index in [9.17, 15) is 9.59 Å². The van der Waals surface area contributed by atoms with Crippen molar-refractivity contribution in [3.05, 3.63) is 30.3 Å². The number of nitrogens with two attached hydrogens (primary N) is 1. The molecule has 0 saturated carbocycles. The first-order valence-corrected chi connectivity index (χ1v) is 4.15. The van der Waals surface area contributed by atoms with Crippen LogP contribution in [-0.4, -0.2) is 18.1 Å². The summed E-state index contributed by atoms with van der Waals surface area (Å²) in [5, 5.41) is 2.14. The smallest absolute Gasteiger partial charge is 0.303 e. The van der Waals surface area contributed by atoms with Gasteiger partial charge in [-0.2, -0.15) is 0 Å². The summed E-state index contributed by atoms with van der Waals surface area (Å²) in [5.41, 5.74) is 6.15. The van der Waals surface area contributed by atoms with Gasteiger partial charge in [0, 0.05) is 5.69 Å². The van der Waals surface area contributed by atoms with E-state index in [1.807, 2.05) is 6.07 Å². The van der Waals surface area contributed by atoms with Gasteiger partial charge in [-0.15, -0.1) is 0 Å². The van der Waals surface area contributed by atoms with Gasteiger partial charge in [-0.3, -0.25) is 15.0 Å². The van der Waals surface area contributed by atoms with Crippen molar-refractivity contribution >= 4 is 17.6 Å². The second-order valence-corrected chi connectivity index (χ2v) is 2.94. The van der Waals surface area contributed by atoms with Gasteiger partial charge >= 0.3 is 6.03 Å². The zero-order chi connectivity index (χ0) is 10.1. The number of urea groups is 1. The van der Waals surface area contributed by atoms with Gasteiger partial charge in [-0.1, -0.05) is 18.2 Å². The summed E-state index contributed by atoms with van der Waals surface area (Å²) in [6.45, 7) is 0. The van der Waals surface area contributed by atoms with E-state index in [1.165, 1.54) is 4.90 Å². The van der Waals surface area contributed by atoms with E-state index in [1.54, 1.807) is 24.3 Å². The molecule has 1 aromatic carbocycles. The number of hydrogen-bond acceptors (Lipinski definition) is 3. The molecule has 1 unspecified atom stereocenters. The van der Waals surface area contributed by atoms with Crippen molar-refractivity contribution in [2.45, 2.75) is 6.17 Å². The van der Waals surface area contributed by atoms with Gasteiger partial charge < -0.3 is 5.73 Å². The lowest BCUT2D eigenvalue weighted by Gasteiger charge is -2.17. The minimum Gasteiger partial charge on any atom is -0.303 e. The molecule has 1 aromatic rings. The van der Waals surface area contributed by atoms with Crippen molar-refractivity contribution in [2.75, 3.05) is 4.90 Å². The van der Waals surface area contributed by atoms with Crippen molar-refractivity contribution in [3.8, 4) is 0 Å². The maximum atomic E-state index is 11.3. The normalized spacial score (nSPS) is 21.2. The van der Waals surface area contributed by atoms with Gasteiger partial charge in [-0.05, 0) is 12.1 Å². The third-order valence-electron chi connectivity index (χ3n) is 2.03. The van der Waals surface area contributed by atoms with Crippen LogP contribution in [0.2, 0.25) is 0 Å². The zero-order valence-electron chi connectivity index (χ0n) is 7.31. The van der Waals surface area contributed by atoms with Crippen LogP contribution in [0.1, 0.15) is 0 Å². The third-order valence-corrected chi connectivity index (χ3v) is 2.03. The molecule has 1 fully saturated rings. The molecule has 2 rings (SSSR count). The Morgan fingerprint density at radius 2 is 1.86 bits per heavy atom. The van der Waals surface area contributed by atoms with Crippen LogP contribution in [0.15, 0.2) is 30.3 Å². The largest absolute Gasteiger partial charge is 0.330 e. The first kappa shape index (κ1) is 8.71. The minimum atomic E-state index is -0.926. The quantitative estimate of drug-likeness (QED) is 0.615. The van der Waals surface area contributed by atoms with Crippen LogP contribution in [0.3, 0.4) is 0 Å². The molecule has 0 aliphatic carbocycles. The van der Waals surface area contributed by atoms with Crippen molar-refractivity contribution < 1.29 is 9.59 Å². The monoisotopic (exact) mass is 191 g/mol. The topological polar surface area (TPSA) is 75.4 Å². The predicted octanol–water partition coefficient (Wildman–Crippen LogP) is 0.0276. The molecule has 5 nitrogen and oxygen atoms in total. The van der Waals surface area contributed by atoms with E-state index in [2.05, 4.69) is 5.32 Å². The maximum Gasteiger partial charge on any atom is 0.330 e. The Labute approximate surface area is 80.5 Å². The fraction of sp³-hybridized carbons (Fsp3) is 0.111. The van der Waals surface area contributed by atoms with Gasteiger partial charge in [0.1, 0.15) is 0 Å². The first-order valence-electron chi connectivity index (χ1n) is 4.15. The van der Waals surface area contributed by atoms with E-state index in [0.29, 0.717) is 5.69 Å². The van der Waals surface area contributed by atoms with Crippen molar-refractivity contribution in [2.24, 2.45) is 5.73 Å². The Balaban J connectivity index is 2.36. The molecular formula is C9H9N3O2. The average Bonchev–Trinajstić information content (AvgIpc) is 2.43. The van der Waals surface area contributed by atoms with E-state index in [4.69, 9.17) is 5.73 Å². The summed E-state index contributed by atoms with van der Waals surface area (Å²) in [6, 6.07) is 8.34. The average molecular weight is 191 g/mol. The Morgan fingerprint density at radius 3 is 2.36 bits per heavy atom. The number of para-hydroxylation sites is 1. The van der Waals surface area contributed by atoms with Crippen molar-refractivity contribution in [1.82, 2.24) is 5.32 Å². The molecule has 1 aliphatic heterocycles. The fourth-order valence-corrected chi connectivity index (χ4v) is 1.35. The molecule has 1 aliphatic rings. The van der Waals surface area contributed by atoms with E-state index >= 15 is 0 Å². The zero-order valence-corrected chi connectivity index (χ0v) is 7.31. The van der Waals surface area contributed by atoms with Crippen LogP contribution in [0.5, 0.6) is 0 Å². The van der Waals surface area contributed by atoms with Crippen LogP contribution in [-0.2, 0) is 4.79 Å². The molecule has 1 atom stereocenters. The SMILES string of the molecule is NC1C(=O)NC(=O)N1c1ccccc1. The third kappa shape index (κ3) is 1.23. The van der Waals surface area contributed by atoms with Gasteiger partial charge in [0.2, 0.25) is 0 Å². The molecule has 5 heteroatoms. The molecule has 0 aromatic heterocycles. The molecule has 72 valence electrons. The number of imide groups is 1. The maximum absolute atomic E-state index is 11.3. The molecule has 0 spiro atoms. The summed E-state index contributed by atoms with van der Waals surface area (Å²) < 4.78 is 0. The highest BCUT2D eigenvalue weighted by Crippen LogP contribution is 2.17. The number of nitrogens with zero attached hydrogens (tertiary/aromatic N) is 1. The Bertz CT molecular complexity index is 377. The van der Waals surface area contributed by atoms with Gasteiger partial charge in [-0.25, -0.2) is 4.79 Å². The van der Waals surface area contributed by atoms with Crippen molar-refractivity contribution in [1.29, 1.82) is 0 Å². The molecule has 1 saturated heterocycles. The van der Waals surface area contributed by atoms with Crippen LogP contribution in [0, 0.1) is 0 Å². The number of amides is 3. The number of benzene rings is 1. The molecule has 0 radical (unpaired) electrons. The van der Waals surface area contributed by atoms with Gasteiger partial charge in [0.15, 0.2) is 6.17 Å². The van der Waals surface area contributed by atoms with Gasteiger partial charge in [0.05, 0.1) is 0 Å². The van der Waals surface area contributed by atoms with Crippen LogP contribution in [0.4, 0.5) is 10.5 Å². The van der Waals surface area contributed by atoms with E-state index in [0.717, 1.165) is 0 Å². The first-order chi connectivity index (χ1) is 6.70. The van der Waals surface area contributed by atoms with E-state index < -0.39 is 18.1 Å². The van der Waals surface area contributed by atoms with Gasteiger partial charge in [0.25, 0.3) is 5.91 Å². The molecule has 0 bridgehead atoms. The second kappa shape index (κ2) is 3.12. The fourth-order valence-electron chi connectivity index (χ4n) is 1.35. The molecule has 3 amide bonds. The van der Waals surface area contributed by atoms with Crippen LogP contribution in [0.25, 0.3) is 0 Å². The highest BCUT2D eigenvalue weighted by molar-refractivity contribution is 6.13. The summed E-state index contributed by atoms with van der Waals surface area (Å²) in [5.74, 6) is -0.473. The lowest BCUT2D eigenvalue weighted by molar-refractivity contribution is -0.119. The highest BCUT2D eigenvalue weighted by Gasteiger charge is 2.36. The number of carbonyl (C=O) groups is 2. The van der Waals surface area contributed by atoms with Crippen LogP contribution >= 0.6 is 0 Å². The number of anilines is 1. The number of hydrogen-bond donors (Lipinski definition) is 2. The lowest BCUT2D eigenvalue weighted by Crippen LogP contribution is -2.42. The van der Waals surface area contributed by atoms with Crippen molar-refractivity contribution in [3.63, 3.8) is 0 Å². The molecule has 1 heterocycles. The predicted molar refractivity (Wildman–Crippen MR) is 50.4 cm³/mol. The number of carbonyl (C=O) groups excluding carboxylic acids is 2. The van der Waals surface area contributed by atoms with Crippen LogP contribution < -0.4 is 16.0 Å². The Morgan fingerprint density at radius 1 is 1.21 bits per heavy atom. The molecular weight excluding hydrogens is 182 g/mol.